The van der Waals surface area contributed by atoms with Gasteiger partial charge in [0.1, 0.15) is 18.8 Å². The Kier molecular flexibility index (Phi) is 8.39. The van der Waals surface area contributed by atoms with Crippen molar-refractivity contribution in [2.24, 2.45) is 0 Å². The summed E-state index contributed by atoms with van der Waals surface area (Å²) in [5.41, 5.74) is 3.31. The second-order valence-electron chi connectivity index (χ2n) is 8.50. The van der Waals surface area contributed by atoms with Gasteiger partial charge in [0.25, 0.3) is 0 Å². The molecule has 0 spiro atoms. The molecule has 0 bridgehead atoms. The fourth-order valence-corrected chi connectivity index (χ4v) is 4.91. The number of nitrogens with zero attached hydrogens (tertiary/aromatic N) is 4. The molecular weight excluding hydrogens is 454 g/mol. The Bertz CT molecular complexity index is 1050. The minimum absolute atomic E-state index is 0.0376. The van der Waals surface area contributed by atoms with Gasteiger partial charge in [-0.05, 0) is 31.7 Å². The monoisotopic (exact) mass is 485 g/mol. The Morgan fingerprint density at radius 2 is 2.00 bits per heavy atom. The molecule has 4 rings (SSSR count). The van der Waals surface area contributed by atoms with Gasteiger partial charge < -0.3 is 24.1 Å². The number of rotatable bonds is 11. The molecule has 3 heterocycles. The number of benzene rings is 1. The first-order valence-electron chi connectivity index (χ1n) is 11.4. The number of carbonyl (C=O) groups excluding carboxylic acids is 1. The highest BCUT2D eigenvalue weighted by Gasteiger charge is 2.42. The van der Waals surface area contributed by atoms with Gasteiger partial charge in [-0.15, -0.1) is 21.5 Å². The minimum atomic E-state index is -0.719. The van der Waals surface area contributed by atoms with Crippen molar-refractivity contribution < 1.29 is 18.7 Å². The highest BCUT2D eigenvalue weighted by Crippen LogP contribution is 2.32. The van der Waals surface area contributed by atoms with Gasteiger partial charge in [-0.2, -0.15) is 0 Å². The summed E-state index contributed by atoms with van der Waals surface area (Å²) < 4.78 is 16.6. The van der Waals surface area contributed by atoms with Crippen molar-refractivity contribution >= 4 is 17.2 Å². The maximum absolute atomic E-state index is 12.8. The van der Waals surface area contributed by atoms with Crippen LogP contribution in [-0.4, -0.2) is 59.3 Å². The number of hydrogen-bond acceptors (Lipinski definition) is 9. The summed E-state index contributed by atoms with van der Waals surface area (Å²) in [6.07, 6.45) is 2.32. The summed E-state index contributed by atoms with van der Waals surface area (Å²) in [5, 5.41) is 11.5. The van der Waals surface area contributed by atoms with Gasteiger partial charge in [0.2, 0.25) is 17.7 Å². The smallest absolute Gasteiger partial charge is 0.246 e. The Hall–Kier alpha value is -2.66. The van der Waals surface area contributed by atoms with E-state index in [2.05, 4.69) is 32.3 Å². The van der Waals surface area contributed by atoms with E-state index in [4.69, 9.17) is 13.9 Å². The highest BCUT2D eigenvalue weighted by molar-refractivity contribution is 7.09. The van der Waals surface area contributed by atoms with E-state index in [0.29, 0.717) is 31.2 Å². The Morgan fingerprint density at radius 1 is 1.21 bits per heavy atom. The van der Waals surface area contributed by atoms with Crippen LogP contribution in [0.15, 0.2) is 40.3 Å². The molecule has 0 aliphatic carbocycles. The van der Waals surface area contributed by atoms with Crippen LogP contribution in [0.5, 0.6) is 0 Å². The molecule has 1 aromatic carbocycles. The second-order valence-corrected chi connectivity index (χ2v) is 9.43. The first-order valence-corrected chi connectivity index (χ1v) is 12.3. The normalized spacial score (nSPS) is 15.9. The topological polar surface area (TPSA) is 103 Å². The summed E-state index contributed by atoms with van der Waals surface area (Å²) in [5.74, 6) is 0.625. The number of thiazole rings is 1. The molecule has 34 heavy (non-hydrogen) atoms. The molecule has 1 aliphatic heterocycles. The average Bonchev–Trinajstić information content (AvgIpc) is 3.49. The van der Waals surface area contributed by atoms with Crippen LogP contribution in [0.4, 0.5) is 0 Å². The third kappa shape index (κ3) is 6.26. The molecule has 0 atom stereocenters. The molecule has 9 nitrogen and oxygen atoms in total. The van der Waals surface area contributed by atoms with Crippen LogP contribution in [0.25, 0.3) is 0 Å². The fourth-order valence-electron chi connectivity index (χ4n) is 4.14. The molecule has 1 amide bonds. The second kappa shape index (κ2) is 11.7. The van der Waals surface area contributed by atoms with Crippen LogP contribution in [0, 0.1) is 6.92 Å². The summed E-state index contributed by atoms with van der Waals surface area (Å²) >= 11 is 1.70. The number of carbonyl (C=O) groups is 1. The van der Waals surface area contributed by atoms with E-state index in [1.165, 1.54) is 4.88 Å². The van der Waals surface area contributed by atoms with Crippen molar-refractivity contribution in [3.8, 4) is 0 Å². The van der Waals surface area contributed by atoms with Gasteiger partial charge in [0, 0.05) is 31.6 Å². The van der Waals surface area contributed by atoms with Crippen molar-refractivity contribution in [2.45, 2.75) is 44.9 Å². The molecular formula is C24H31N5O4S. The predicted molar refractivity (Wildman–Crippen MR) is 127 cm³/mol. The van der Waals surface area contributed by atoms with Gasteiger partial charge >= 0.3 is 0 Å². The molecule has 0 unspecified atom stereocenters. The maximum atomic E-state index is 12.8. The van der Waals surface area contributed by atoms with Crippen LogP contribution in [0.1, 0.15) is 40.8 Å². The lowest BCUT2D eigenvalue weighted by Gasteiger charge is -2.40. The van der Waals surface area contributed by atoms with Gasteiger partial charge in [0.15, 0.2) is 0 Å². The Morgan fingerprint density at radius 3 is 2.71 bits per heavy atom. The summed E-state index contributed by atoms with van der Waals surface area (Å²) in [6.45, 7) is 5.20. The van der Waals surface area contributed by atoms with Gasteiger partial charge in [-0.25, -0.2) is 4.98 Å². The number of amides is 1. The lowest BCUT2D eigenvalue weighted by molar-refractivity contribution is -0.129. The number of piperidine rings is 1. The van der Waals surface area contributed by atoms with Crippen LogP contribution in [-0.2, 0) is 39.4 Å². The molecule has 1 saturated heterocycles. The van der Waals surface area contributed by atoms with Crippen LogP contribution in [0.3, 0.4) is 0 Å². The Labute approximate surface area is 203 Å². The van der Waals surface area contributed by atoms with E-state index in [1.807, 2.05) is 35.8 Å². The van der Waals surface area contributed by atoms with Gasteiger partial charge in [-0.3, -0.25) is 4.79 Å². The molecule has 1 aliphatic rings. The molecule has 0 saturated carbocycles. The van der Waals surface area contributed by atoms with Gasteiger partial charge in [-0.1, -0.05) is 30.3 Å². The number of methoxy groups -OCH3 is 1. The lowest BCUT2D eigenvalue weighted by atomic mass is 9.87. The Balaban J connectivity index is 1.37. The van der Waals surface area contributed by atoms with E-state index >= 15 is 0 Å². The number of aryl methyl sites for hydroxylation is 1. The standard InChI is InChI=1S/C24H31N5O4S/c1-18-20(34-17-25-18)8-11-29-12-9-24(10-13-29,23-28-27-22(33-23)16-31-2)26-21(30)15-32-14-19-6-4-3-5-7-19/h3-7,17H,8-16H2,1-2H3,(H,26,30). The fraction of sp³-hybridized carbons (Fsp3) is 0.500. The maximum Gasteiger partial charge on any atom is 0.246 e. The molecule has 182 valence electrons. The number of hydrogen-bond donors (Lipinski definition) is 1. The minimum Gasteiger partial charge on any atom is -0.420 e. The van der Waals surface area contributed by atoms with Crippen LogP contribution < -0.4 is 5.32 Å². The zero-order valence-corrected chi connectivity index (χ0v) is 20.5. The van der Waals surface area contributed by atoms with Crippen LogP contribution in [0.2, 0.25) is 0 Å². The molecule has 3 aromatic rings. The lowest BCUT2D eigenvalue weighted by Crippen LogP contribution is -2.54. The molecule has 2 aromatic heterocycles. The first kappa shape index (κ1) is 24.5. The highest BCUT2D eigenvalue weighted by atomic mass is 32.1. The zero-order chi connectivity index (χ0) is 23.8. The summed E-state index contributed by atoms with van der Waals surface area (Å²) in [6, 6.07) is 9.79. The summed E-state index contributed by atoms with van der Waals surface area (Å²) in [4.78, 5) is 20.9. The summed E-state index contributed by atoms with van der Waals surface area (Å²) in [7, 11) is 1.58. The van der Waals surface area contributed by atoms with E-state index in [-0.39, 0.29) is 19.1 Å². The van der Waals surface area contributed by atoms with Crippen molar-refractivity contribution in [1.82, 2.24) is 25.4 Å². The van der Waals surface area contributed by atoms with Crippen molar-refractivity contribution in [3.63, 3.8) is 0 Å². The van der Waals surface area contributed by atoms with E-state index in [0.717, 1.165) is 37.3 Å². The van der Waals surface area contributed by atoms with Gasteiger partial charge in [0.05, 0.1) is 17.8 Å². The quantitative estimate of drug-likeness (QED) is 0.442. The average molecular weight is 486 g/mol. The number of likely N-dealkylation sites (tertiary alicyclic amines) is 1. The molecule has 1 N–H and O–H groups in total. The van der Waals surface area contributed by atoms with E-state index in [1.54, 1.807) is 18.4 Å². The number of ether oxygens (including phenoxy) is 2. The van der Waals surface area contributed by atoms with Crippen molar-refractivity contribution in [3.05, 3.63) is 63.8 Å². The van der Waals surface area contributed by atoms with Crippen molar-refractivity contribution in [1.29, 1.82) is 0 Å². The zero-order valence-electron chi connectivity index (χ0n) is 19.7. The third-order valence-corrected chi connectivity index (χ3v) is 7.07. The van der Waals surface area contributed by atoms with E-state index in [9.17, 15) is 4.79 Å². The number of aromatic nitrogens is 3. The SMILES string of the molecule is COCc1nnc(C2(NC(=O)COCc3ccccc3)CCN(CCc3scnc3C)CC2)o1. The first-order chi connectivity index (χ1) is 16.6. The largest absolute Gasteiger partial charge is 0.420 e. The van der Waals surface area contributed by atoms with Crippen LogP contribution >= 0.6 is 11.3 Å². The van der Waals surface area contributed by atoms with E-state index < -0.39 is 5.54 Å². The third-order valence-electron chi connectivity index (χ3n) is 6.08. The number of nitrogens with one attached hydrogen (secondary N) is 1. The molecule has 0 radical (unpaired) electrons. The predicted octanol–water partition coefficient (Wildman–Crippen LogP) is 2.85. The molecule has 10 heteroatoms. The molecule has 1 fully saturated rings. The van der Waals surface area contributed by atoms with Crippen molar-refractivity contribution in [2.75, 3.05) is 33.4 Å².